The lowest BCUT2D eigenvalue weighted by Gasteiger charge is -2.30. The van der Waals surface area contributed by atoms with Gasteiger partial charge in [-0.05, 0) is 53.3 Å². The molecule has 2 aliphatic rings. The summed E-state index contributed by atoms with van der Waals surface area (Å²) >= 11 is 1.25. The molecular formula is C27H18FN3O3S. The summed E-state index contributed by atoms with van der Waals surface area (Å²) in [6, 6.07) is 20.2. The second-order valence-corrected chi connectivity index (χ2v) is 9.53. The van der Waals surface area contributed by atoms with Gasteiger partial charge >= 0.3 is 0 Å². The van der Waals surface area contributed by atoms with E-state index in [2.05, 4.69) is 6.07 Å². The second kappa shape index (κ2) is 8.25. The summed E-state index contributed by atoms with van der Waals surface area (Å²) in [5, 5.41) is 11.2. The predicted octanol–water partition coefficient (Wildman–Crippen LogP) is 4.37. The molecule has 35 heavy (non-hydrogen) atoms. The molecule has 0 spiro atoms. The maximum absolute atomic E-state index is 13.7. The molecule has 6 nitrogen and oxygen atoms in total. The number of thiazole rings is 1. The largest absolute Gasteiger partial charge is 0.272 e. The van der Waals surface area contributed by atoms with E-state index in [-0.39, 0.29) is 17.1 Å². The molecule has 0 fully saturated rings. The zero-order valence-corrected chi connectivity index (χ0v) is 19.2. The SMILES string of the molecule is O=c1/c(=C\c2cccc([N+](=O)[O-])c2)sc2n1[C@@H](c1ccc(F)cc1)C1=C(N=2)c2ccccc2CC1. The summed E-state index contributed by atoms with van der Waals surface area (Å²) in [5.41, 5.74) is 5.28. The van der Waals surface area contributed by atoms with Crippen LogP contribution in [0.2, 0.25) is 0 Å². The van der Waals surface area contributed by atoms with Crippen molar-refractivity contribution < 1.29 is 9.31 Å². The van der Waals surface area contributed by atoms with Crippen LogP contribution in [0.5, 0.6) is 0 Å². The maximum atomic E-state index is 13.7. The Hall–Kier alpha value is -4.17. The van der Waals surface area contributed by atoms with Gasteiger partial charge in [0.25, 0.3) is 11.2 Å². The Kier molecular flexibility index (Phi) is 5.04. The van der Waals surface area contributed by atoms with Gasteiger partial charge in [0.2, 0.25) is 0 Å². The fourth-order valence-electron chi connectivity index (χ4n) is 4.85. The Morgan fingerprint density at radius 3 is 2.66 bits per heavy atom. The third kappa shape index (κ3) is 3.63. The highest BCUT2D eigenvalue weighted by molar-refractivity contribution is 7.07. The van der Waals surface area contributed by atoms with E-state index < -0.39 is 11.0 Å². The van der Waals surface area contributed by atoms with Crippen molar-refractivity contribution in [3.63, 3.8) is 0 Å². The van der Waals surface area contributed by atoms with Crippen LogP contribution >= 0.6 is 11.3 Å². The van der Waals surface area contributed by atoms with Crippen LogP contribution < -0.4 is 14.9 Å². The predicted molar refractivity (Wildman–Crippen MR) is 132 cm³/mol. The summed E-state index contributed by atoms with van der Waals surface area (Å²) < 4.78 is 15.9. The van der Waals surface area contributed by atoms with Gasteiger partial charge in [0.15, 0.2) is 4.80 Å². The molecule has 1 aromatic heterocycles. The fourth-order valence-corrected chi connectivity index (χ4v) is 5.85. The van der Waals surface area contributed by atoms with E-state index in [0.29, 0.717) is 14.9 Å². The standard InChI is InChI=1S/C27H18FN3O3S/c28-19-11-8-18(9-12-19)25-22-13-10-17-5-1-2-7-21(17)24(22)29-27-30(25)26(32)23(35-27)15-16-4-3-6-20(14-16)31(33)34/h1-9,11-12,14-15,25H,10,13H2/b23-15+/t25-/m0/s1. The minimum atomic E-state index is -0.459. The Morgan fingerprint density at radius 1 is 1.06 bits per heavy atom. The topological polar surface area (TPSA) is 77.5 Å². The first kappa shape index (κ1) is 21.4. The first-order chi connectivity index (χ1) is 17.0. The molecule has 0 N–H and O–H groups in total. The molecule has 4 aromatic rings. The number of non-ortho nitro benzene ring substituents is 1. The minimum absolute atomic E-state index is 0.0391. The molecule has 8 heteroatoms. The van der Waals surface area contributed by atoms with Gasteiger partial charge in [0.05, 0.1) is 21.2 Å². The van der Waals surface area contributed by atoms with Crippen LogP contribution in [0.15, 0.2) is 88.2 Å². The zero-order chi connectivity index (χ0) is 24.1. The normalized spacial score (nSPS) is 16.8. The average Bonchev–Trinajstić information content (AvgIpc) is 3.18. The highest BCUT2D eigenvalue weighted by Gasteiger charge is 2.32. The molecular weight excluding hydrogens is 465 g/mol. The molecule has 0 unspecified atom stereocenters. The summed E-state index contributed by atoms with van der Waals surface area (Å²) in [5.74, 6) is -0.338. The number of halogens is 1. The molecule has 0 saturated heterocycles. The van der Waals surface area contributed by atoms with Crippen molar-refractivity contribution >= 4 is 28.8 Å². The molecule has 0 radical (unpaired) electrons. The van der Waals surface area contributed by atoms with Gasteiger partial charge in [0, 0.05) is 17.7 Å². The lowest BCUT2D eigenvalue weighted by atomic mass is 9.83. The smallest absolute Gasteiger partial charge is 0.271 e. The molecule has 1 atom stereocenters. The van der Waals surface area contributed by atoms with Gasteiger partial charge in [-0.2, -0.15) is 0 Å². The number of aromatic nitrogens is 1. The minimum Gasteiger partial charge on any atom is -0.272 e. The molecule has 0 bridgehead atoms. The Morgan fingerprint density at radius 2 is 1.86 bits per heavy atom. The van der Waals surface area contributed by atoms with Crippen LogP contribution in [0.4, 0.5) is 10.1 Å². The molecule has 0 amide bonds. The molecule has 172 valence electrons. The van der Waals surface area contributed by atoms with E-state index in [1.54, 1.807) is 34.9 Å². The molecule has 1 aliphatic carbocycles. The van der Waals surface area contributed by atoms with Gasteiger partial charge in [0.1, 0.15) is 5.82 Å². The first-order valence-corrected chi connectivity index (χ1v) is 11.9. The fraction of sp³-hybridized carbons (Fsp3) is 0.111. The summed E-state index contributed by atoms with van der Waals surface area (Å²) in [6.07, 6.45) is 3.24. The Labute approximate surface area is 202 Å². The number of aryl methyl sites for hydroxylation is 1. The first-order valence-electron chi connectivity index (χ1n) is 11.1. The maximum Gasteiger partial charge on any atom is 0.271 e. The molecule has 0 saturated carbocycles. The van der Waals surface area contributed by atoms with Crippen LogP contribution in [0.25, 0.3) is 11.8 Å². The van der Waals surface area contributed by atoms with Crippen LogP contribution in [0, 0.1) is 15.9 Å². The number of fused-ring (bicyclic) bond motifs is 3. The van der Waals surface area contributed by atoms with Gasteiger partial charge in [-0.3, -0.25) is 19.5 Å². The lowest BCUT2D eigenvalue weighted by molar-refractivity contribution is -0.384. The van der Waals surface area contributed by atoms with Crippen molar-refractivity contribution in [2.24, 2.45) is 4.99 Å². The van der Waals surface area contributed by atoms with Crippen LogP contribution in [0.3, 0.4) is 0 Å². The number of hydrogen-bond donors (Lipinski definition) is 0. The van der Waals surface area contributed by atoms with Gasteiger partial charge in [-0.1, -0.05) is 59.9 Å². The van der Waals surface area contributed by atoms with Gasteiger partial charge in [-0.15, -0.1) is 0 Å². The van der Waals surface area contributed by atoms with Crippen LogP contribution in [0.1, 0.15) is 34.7 Å². The van der Waals surface area contributed by atoms with Crippen LogP contribution in [-0.4, -0.2) is 9.49 Å². The quantitative estimate of drug-likeness (QED) is 0.321. The number of benzene rings is 3. The molecule has 6 rings (SSSR count). The van der Waals surface area contributed by atoms with Crippen molar-refractivity contribution in [3.8, 4) is 0 Å². The summed E-state index contributed by atoms with van der Waals surface area (Å²) in [4.78, 5) is 29.9. The monoisotopic (exact) mass is 483 g/mol. The van der Waals surface area contributed by atoms with Crippen molar-refractivity contribution in [2.45, 2.75) is 18.9 Å². The third-order valence-electron chi connectivity index (χ3n) is 6.44. The summed E-state index contributed by atoms with van der Waals surface area (Å²) in [7, 11) is 0. The van der Waals surface area contributed by atoms with E-state index in [9.17, 15) is 19.3 Å². The van der Waals surface area contributed by atoms with Crippen molar-refractivity contribution in [1.82, 2.24) is 4.57 Å². The second-order valence-electron chi connectivity index (χ2n) is 8.52. The number of rotatable bonds is 3. The molecule has 1 aliphatic heterocycles. The number of nitro benzene ring substituents is 1. The number of hydrogen-bond acceptors (Lipinski definition) is 5. The third-order valence-corrected chi connectivity index (χ3v) is 7.42. The van der Waals surface area contributed by atoms with Crippen LogP contribution in [-0.2, 0) is 6.42 Å². The average molecular weight is 484 g/mol. The number of nitro groups is 1. The summed E-state index contributed by atoms with van der Waals surface area (Å²) in [6.45, 7) is 0. The zero-order valence-electron chi connectivity index (χ0n) is 18.3. The highest BCUT2D eigenvalue weighted by atomic mass is 32.1. The van der Waals surface area contributed by atoms with Crippen molar-refractivity contribution in [1.29, 1.82) is 0 Å². The lowest BCUT2D eigenvalue weighted by Crippen LogP contribution is -2.38. The van der Waals surface area contributed by atoms with Gasteiger partial charge in [-0.25, -0.2) is 9.38 Å². The van der Waals surface area contributed by atoms with E-state index in [0.717, 1.165) is 35.2 Å². The molecule has 3 aromatic carbocycles. The highest BCUT2D eigenvalue weighted by Crippen LogP contribution is 2.41. The molecule has 2 heterocycles. The Balaban J connectivity index is 1.60. The van der Waals surface area contributed by atoms with E-state index in [4.69, 9.17) is 4.99 Å². The van der Waals surface area contributed by atoms with E-state index in [1.165, 1.54) is 41.2 Å². The van der Waals surface area contributed by atoms with E-state index in [1.807, 2.05) is 18.2 Å². The van der Waals surface area contributed by atoms with Gasteiger partial charge < -0.3 is 0 Å². The number of allylic oxidation sites excluding steroid dienone is 1. The van der Waals surface area contributed by atoms with Crippen molar-refractivity contribution in [3.05, 3.63) is 136 Å². The van der Waals surface area contributed by atoms with E-state index >= 15 is 0 Å². The van der Waals surface area contributed by atoms with Crippen molar-refractivity contribution in [2.75, 3.05) is 0 Å². The number of nitrogens with zero attached hydrogens (tertiary/aromatic N) is 3. The Bertz CT molecular complexity index is 1720.